The van der Waals surface area contributed by atoms with Crippen molar-refractivity contribution in [1.29, 1.82) is 0 Å². The predicted molar refractivity (Wildman–Crippen MR) is 111 cm³/mol. The molecule has 0 spiro atoms. The van der Waals surface area contributed by atoms with Gasteiger partial charge < -0.3 is 19.5 Å². The van der Waals surface area contributed by atoms with Crippen LogP contribution in [-0.2, 0) is 16.1 Å². The van der Waals surface area contributed by atoms with Crippen LogP contribution in [0.5, 0.6) is 0 Å². The lowest BCUT2D eigenvalue weighted by Gasteiger charge is -2.50. The summed E-state index contributed by atoms with van der Waals surface area (Å²) >= 11 is 0. The summed E-state index contributed by atoms with van der Waals surface area (Å²) in [6.45, 7) is 10.0. The molecule has 0 bridgehead atoms. The van der Waals surface area contributed by atoms with Crippen molar-refractivity contribution < 1.29 is 29.0 Å². The Morgan fingerprint density at radius 2 is 1.90 bits per heavy atom. The van der Waals surface area contributed by atoms with Crippen molar-refractivity contribution in [3.8, 4) is 0 Å². The second-order valence-corrected chi connectivity index (χ2v) is 9.41. The maximum atomic E-state index is 13.2. The Labute approximate surface area is 181 Å². The van der Waals surface area contributed by atoms with E-state index < -0.39 is 17.8 Å². The van der Waals surface area contributed by atoms with E-state index in [4.69, 9.17) is 9.47 Å². The fourth-order valence-electron chi connectivity index (χ4n) is 4.67. The Morgan fingerprint density at radius 1 is 1.16 bits per heavy atom. The zero-order valence-electron chi connectivity index (χ0n) is 18.4. The molecule has 2 saturated heterocycles. The maximum absolute atomic E-state index is 13.2. The van der Waals surface area contributed by atoms with Crippen LogP contribution in [0, 0.1) is 6.92 Å². The molecule has 2 unspecified atom stereocenters. The van der Waals surface area contributed by atoms with Gasteiger partial charge in [0.1, 0.15) is 12.2 Å². The monoisotopic (exact) mass is 431 g/mol. The number of piperazine rings is 2. The molecule has 2 fully saturated rings. The van der Waals surface area contributed by atoms with E-state index in [2.05, 4.69) is 4.90 Å². The lowest BCUT2D eigenvalue weighted by Crippen LogP contribution is -2.64. The average molecular weight is 431 g/mol. The van der Waals surface area contributed by atoms with E-state index in [0.29, 0.717) is 38.3 Å². The summed E-state index contributed by atoms with van der Waals surface area (Å²) in [6, 6.07) is 3.32. The van der Waals surface area contributed by atoms with Crippen molar-refractivity contribution in [1.82, 2.24) is 14.7 Å². The van der Waals surface area contributed by atoms with Crippen LogP contribution >= 0.6 is 0 Å². The van der Waals surface area contributed by atoms with Crippen LogP contribution < -0.4 is 0 Å². The predicted octanol–water partition coefficient (Wildman–Crippen LogP) is 2.62. The number of fused-ring (bicyclic) bond motifs is 2. The minimum Gasteiger partial charge on any atom is -0.465 e. The first kappa shape index (κ1) is 21.4. The highest BCUT2D eigenvalue weighted by molar-refractivity contribution is 5.94. The second kappa shape index (κ2) is 7.71. The summed E-state index contributed by atoms with van der Waals surface area (Å²) in [5.74, 6) is -0.317. The highest BCUT2D eigenvalue weighted by Crippen LogP contribution is 2.36. The van der Waals surface area contributed by atoms with Gasteiger partial charge in [0.05, 0.1) is 11.6 Å². The summed E-state index contributed by atoms with van der Waals surface area (Å²) in [4.78, 5) is 41.9. The number of carbonyl (C=O) groups excluding carboxylic acids is 2. The molecule has 1 N–H and O–H groups in total. The summed E-state index contributed by atoms with van der Waals surface area (Å²) in [6.07, 6.45) is -1.36. The van der Waals surface area contributed by atoms with Gasteiger partial charge >= 0.3 is 18.2 Å². The molecule has 9 nitrogen and oxygen atoms in total. The molecule has 0 aliphatic carbocycles. The molecule has 168 valence electrons. The van der Waals surface area contributed by atoms with Crippen molar-refractivity contribution in [2.75, 3.05) is 32.7 Å². The Bertz CT molecular complexity index is 925. The summed E-state index contributed by atoms with van der Waals surface area (Å²) in [5, 5.41) is 9.40. The van der Waals surface area contributed by atoms with E-state index in [9.17, 15) is 19.5 Å². The standard InChI is InChI=1S/C22H29N3O6/c1-13-15(5-6-16-17(13)12-30-19(16)26)18-11-23-7-8-24(20(27)28)9-14(23)10-25(18)21(29)31-22(2,3)4/h5-6,14,18H,7-12H2,1-4H3,(H,27,28). The third-order valence-corrected chi connectivity index (χ3v) is 6.26. The molecule has 0 saturated carbocycles. The molecule has 3 aliphatic heterocycles. The van der Waals surface area contributed by atoms with E-state index in [1.54, 1.807) is 11.0 Å². The van der Waals surface area contributed by atoms with Crippen molar-refractivity contribution in [3.63, 3.8) is 0 Å². The number of ether oxygens (including phenoxy) is 2. The van der Waals surface area contributed by atoms with Gasteiger partial charge in [-0.25, -0.2) is 14.4 Å². The molecule has 4 rings (SSSR count). The summed E-state index contributed by atoms with van der Waals surface area (Å²) < 4.78 is 10.9. The van der Waals surface area contributed by atoms with Gasteiger partial charge in [-0.1, -0.05) is 6.07 Å². The quantitative estimate of drug-likeness (QED) is 0.683. The number of esters is 1. The first-order valence-electron chi connectivity index (χ1n) is 10.6. The molecule has 2 atom stereocenters. The zero-order chi connectivity index (χ0) is 22.5. The maximum Gasteiger partial charge on any atom is 0.410 e. The topological polar surface area (TPSA) is 99.6 Å². The smallest absolute Gasteiger partial charge is 0.410 e. The molecule has 2 amide bonds. The van der Waals surface area contributed by atoms with Gasteiger partial charge in [0.25, 0.3) is 0 Å². The molecule has 0 aromatic heterocycles. The molecule has 1 aromatic rings. The van der Waals surface area contributed by atoms with Crippen LogP contribution in [0.15, 0.2) is 12.1 Å². The highest BCUT2D eigenvalue weighted by atomic mass is 16.6. The minimum atomic E-state index is -0.940. The molecule has 0 radical (unpaired) electrons. The number of rotatable bonds is 1. The first-order chi connectivity index (χ1) is 14.5. The van der Waals surface area contributed by atoms with Gasteiger partial charge in [-0.3, -0.25) is 9.80 Å². The number of benzene rings is 1. The number of cyclic esters (lactones) is 1. The molecule has 3 heterocycles. The van der Waals surface area contributed by atoms with Gasteiger partial charge in [-0.2, -0.15) is 0 Å². The first-order valence-corrected chi connectivity index (χ1v) is 10.6. The van der Waals surface area contributed by atoms with Crippen LogP contribution in [0.25, 0.3) is 0 Å². The third kappa shape index (κ3) is 4.06. The molecule has 31 heavy (non-hydrogen) atoms. The summed E-state index contributed by atoms with van der Waals surface area (Å²) in [7, 11) is 0. The number of carbonyl (C=O) groups is 3. The number of hydrogen-bond donors (Lipinski definition) is 1. The van der Waals surface area contributed by atoms with Crippen LogP contribution in [0.1, 0.15) is 53.9 Å². The number of carboxylic acid groups (broad SMARTS) is 1. The van der Waals surface area contributed by atoms with Gasteiger partial charge in [-0.15, -0.1) is 0 Å². The summed E-state index contributed by atoms with van der Waals surface area (Å²) in [5.41, 5.74) is 2.70. The minimum absolute atomic E-state index is 0.0896. The van der Waals surface area contributed by atoms with Gasteiger partial charge in [-0.05, 0) is 44.9 Å². The molecule has 3 aliphatic rings. The largest absolute Gasteiger partial charge is 0.465 e. The van der Waals surface area contributed by atoms with E-state index >= 15 is 0 Å². The van der Waals surface area contributed by atoms with Gasteiger partial charge in [0.2, 0.25) is 0 Å². The Hall–Kier alpha value is -2.81. The molecular formula is C22H29N3O6. The fraction of sp³-hybridized carbons (Fsp3) is 0.591. The van der Waals surface area contributed by atoms with Crippen molar-refractivity contribution >= 4 is 18.2 Å². The van der Waals surface area contributed by atoms with Gasteiger partial charge in [0, 0.05) is 44.3 Å². The van der Waals surface area contributed by atoms with Crippen molar-refractivity contribution in [3.05, 3.63) is 34.4 Å². The fourth-order valence-corrected chi connectivity index (χ4v) is 4.67. The zero-order valence-corrected chi connectivity index (χ0v) is 18.4. The average Bonchev–Trinajstić information content (AvgIpc) is 3.07. The highest BCUT2D eigenvalue weighted by Gasteiger charge is 2.43. The van der Waals surface area contributed by atoms with Crippen molar-refractivity contribution in [2.24, 2.45) is 0 Å². The van der Waals surface area contributed by atoms with Crippen molar-refractivity contribution in [2.45, 2.75) is 52.0 Å². The molecule has 9 heteroatoms. The number of nitrogens with zero attached hydrogens (tertiary/aromatic N) is 3. The van der Waals surface area contributed by atoms with E-state index in [1.165, 1.54) is 4.90 Å². The SMILES string of the molecule is Cc1c(C2CN3CCN(C(=O)O)CC3CN2C(=O)OC(C)(C)C)ccc2c1COC2=O. The second-order valence-electron chi connectivity index (χ2n) is 9.41. The Morgan fingerprint density at radius 3 is 2.58 bits per heavy atom. The Balaban J connectivity index is 1.67. The van der Waals surface area contributed by atoms with E-state index in [-0.39, 0.29) is 24.7 Å². The van der Waals surface area contributed by atoms with E-state index in [1.807, 2.05) is 33.8 Å². The number of hydrogen-bond acceptors (Lipinski definition) is 6. The van der Waals surface area contributed by atoms with Crippen LogP contribution in [0.3, 0.4) is 0 Å². The van der Waals surface area contributed by atoms with Gasteiger partial charge in [0.15, 0.2) is 0 Å². The Kier molecular flexibility index (Phi) is 5.33. The third-order valence-electron chi connectivity index (χ3n) is 6.26. The lowest BCUT2D eigenvalue weighted by molar-refractivity contribution is -0.0342. The van der Waals surface area contributed by atoms with Crippen LogP contribution in [0.4, 0.5) is 9.59 Å². The van der Waals surface area contributed by atoms with E-state index in [0.717, 1.165) is 16.7 Å². The van der Waals surface area contributed by atoms with Crippen LogP contribution in [-0.4, -0.2) is 82.3 Å². The molecule has 1 aromatic carbocycles. The molecular weight excluding hydrogens is 402 g/mol. The number of amides is 2. The normalized spacial score (nSPS) is 23.8. The lowest BCUT2D eigenvalue weighted by atomic mass is 9.91. The van der Waals surface area contributed by atoms with Crippen LogP contribution in [0.2, 0.25) is 0 Å².